The molecule has 0 saturated carbocycles. The van der Waals surface area contributed by atoms with Crippen molar-refractivity contribution in [3.05, 3.63) is 376 Å². The summed E-state index contributed by atoms with van der Waals surface area (Å²) in [5.74, 6) is 0. The zero-order chi connectivity index (χ0) is 68.1. The fraction of sp³-hybridized carbons (Fsp3) is 0. The van der Waals surface area contributed by atoms with Crippen molar-refractivity contribution in [2.24, 2.45) is 0 Å². The number of aromatic nitrogens is 4. The lowest BCUT2D eigenvalue weighted by Gasteiger charge is -2.11. The number of para-hydroxylation sites is 5. The summed E-state index contributed by atoms with van der Waals surface area (Å²) in [6.45, 7) is 0. The molecule has 0 spiro atoms. The average Bonchev–Trinajstić information content (AvgIpc) is 1.59. The van der Waals surface area contributed by atoms with Gasteiger partial charge in [0.2, 0.25) is 0 Å². The molecule has 0 bridgehead atoms. The first kappa shape index (κ1) is 58.0. The fourth-order valence-electron chi connectivity index (χ4n) is 17.5. The Kier molecular flexibility index (Phi) is 12.8. The molecule has 4 heteroatoms. The van der Waals surface area contributed by atoms with Gasteiger partial charge in [-0.3, -0.25) is 0 Å². The third-order valence-electron chi connectivity index (χ3n) is 22.3. The molecule has 4 aromatic heterocycles. The van der Waals surface area contributed by atoms with E-state index in [2.05, 4.69) is 394 Å². The van der Waals surface area contributed by atoms with E-state index in [1.807, 2.05) is 0 Å². The van der Waals surface area contributed by atoms with Gasteiger partial charge in [0, 0.05) is 65.8 Å². The van der Waals surface area contributed by atoms with Gasteiger partial charge < -0.3 is 18.3 Å². The number of fused-ring (bicyclic) bond motifs is 23. The maximum atomic E-state index is 2.43. The van der Waals surface area contributed by atoms with Gasteiger partial charge >= 0.3 is 0 Å². The van der Waals surface area contributed by atoms with Crippen LogP contribution in [0.4, 0.5) is 0 Å². The van der Waals surface area contributed by atoms with Crippen molar-refractivity contribution in [2.75, 3.05) is 0 Å². The third kappa shape index (κ3) is 8.92. The Morgan fingerprint density at radius 2 is 0.394 bits per heavy atom. The lowest BCUT2D eigenvalue weighted by molar-refractivity contribution is 1.18. The van der Waals surface area contributed by atoms with Gasteiger partial charge in [-0.15, -0.1) is 0 Å². The van der Waals surface area contributed by atoms with Gasteiger partial charge in [-0.1, -0.05) is 255 Å². The lowest BCUT2D eigenvalue weighted by atomic mass is 9.95. The monoisotopic (exact) mass is 1320 g/mol. The summed E-state index contributed by atoms with van der Waals surface area (Å²) in [6, 6.07) is 138. The Hall–Kier alpha value is -13.8. The van der Waals surface area contributed by atoms with Crippen molar-refractivity contribution in [2.45, 2.75) is 0 Å². The normalized spacial score (nSPS) is 12.0. The van der Waals surface area contributed by atoms with Crippen molar-refractivity contribution in [3.63, 3.8) is 0 Å². The predicted molar refractivity (Wildman–Crippen MR) is 444 cm³/mol. The first-order valence-corrected chi connectivity index (χ1v) is 35.9. The third-order valence-corrected chi connectivity index (χ3v) is 22.3. The Labute approximate surface area is 598 Å². The zero-order valence-electron chi connectivity index (χ0n) is 56.6. The van der Waals surface area contributed by atoms with E-state index < -0.39 is 0 Å². The van der Waals surface area contributed by atoms with Crippen LogP contribution in [0.2, 0.25) is 0 Å². The second kappa shape index (κ2) is 22.9. The van der Waals surface area contributed by atoms with Crippen LogP contribution in [0.25, 0.3) is 208 Å². The van der Waals surface area contributed by atoms with E-state index in [9.17, 15) is 0 Å². The molecule has 0 N–H and O–H groups in total. The molecule has 4 heterocycles. The van der Waals surface area contributed by atoms with E-state index in [1.54, 1.807) is 0 Å². The van der Waals surface area contributed by atoms with Crippen LogP contribution in [-0.2, 0) is 0 Å². The summed E-state index contributed by atoms with van der Waals surface area (Å²) in [5, 5.41) is 27.8. The highest BCUT2D eigenvalue weighted by atomic mass is 15.0. The number of hydrogen-bond donors (Lipinski definition) is 0. The molecule has 0 fully saturated rings. The van der Waals surface area contributed by atoms with Gasteiger partial charge in [-0.25, -0.2) is 0 Å². The number of benzene rings is 19. The van der Waals surface area contributed by atoms with Crippen LogP contribution >= 0.6 is 0 Å². The molecule has 23 aromatic rings. The Balaban J connectivity index is 0.000000131. The Morgan fingerprint density at radius 3 is 0.769 bits per heavy atom. The van der Waals surface area contributed by atoms with Crippen LogP contribution in [0.3, 0.4) is 0 Å². The lowest BCUT2D eigenvalue weighted by Crippen LogP contribution is -1.93. The summed E-state index contributed by atoms with van der Waals surface area (Å²) >= 11 is 0. The van der Waals surface area contributed by atoms with Gasteiger partial charge in [-0.05, 0) is 219 Å². The van der Waals surface area contributed by atoms with Crippen LogP contribution in [0.5, 0.6) is 0 Å². The minimum absolute atomic E-state index is 1.18. The van der Waals surface area contributed by atoms with Crippen LogP contribution in [0.15, 0.2) is 376 Å². The summed E-state index contributed by atoms with van der Waals surface area (Å²) < 4.78 is 9.68. The number of hydrogen-bond acceptors (Lipinski definition) is 0. The topological polar surface area (TPSA) is 19.7 Å². The smallest absolute Gasteiger partial charge is 0.0547 e. The maximum Gasteiger partial charge on any atom is 0.0547 e. The number of rotatable bonds is 6. The quantitative estimate of drug-likeness (QED) is 0.158. The molecule has 104 heavy (non-hydrogen) atoms. The van der Waals surface area contributed by atoms with Crippen molar-refractivity contribution >= 4 is 163 Å². The summed E-state index contributed by atoms with van der Waals surface area (Å²) in [4.78, 5) is 0. The molecule has 23 rings (SSSR count). The first-order valence-electron chi connectivity index (χ1n) is 35.9. The van der Waals surface area contributed by atoms with Crippen LogP contribution in [0.1, 0.15) is 0 Å². The molecule has 0 radical (unpaired) electrons. The minimum Gasteiger partial charge on any atom is -0.309 e. The van der Waals surface area contributed by atoms with Crippen LogP contribution in [-0.4, -0.2) is 18.3 Å². The largest absolute Gasteiger partial charge is 0.309 e. The van der Waals surface area contributed by atoms with Crippen molar-refractivity contribution < 1.29 is 0 Å². The second-order valence-corrected chi connectivity index (χ2v) is 27.9. The molecular weight excluding hydrogens is 1260 g/mol. The van der Waals surface area contributed by atoms with Gasteiger partial charge in [0.25, 0.3) is 0 Å². The van der Waals surface area contributed by atoms with E-state index in [-0.39, 0.29) is 0 Å². The minimum atomic E-state index is 1.18. The zero-order valence-corrected chi connectivity index (χ0v) is 56.6. The van der Waals surface area contributed by atoms with Gasteiger partial charge in [0.1, 0.15) is 0 Å². The summed E-state index contributed by atoms with van der Waals surface area (Å²) in [5.41, 5.74) is 19.4. The van der Waals surface area contributed by atoms with E-state index in [1.165, 1.54) is 208 Å². The maximum absolute atomic E-state index is 2.43. The van der Waals surface area contributed by atoms with Crippen LogP contribution in [0, 0.1) is 0 Å². The molecule has 0 amide bonds. The molecule has 0 atom stereocenters. The molecule has 0 aliphatic rings. The van der Waals surface area contributed by atoms with Crippen molar-refractivity contribution in [3.8, 4) is 45.0 Å². The van der Waals surface area contributed by atoms with Crippen molar-refractivity contribution in [1.82, 2.24) is 18.3 Å². The van der Waals surface area contributed by atoms with Gasteiger partial charge in [0.15, 0.2) is 0 Å². The molecule has 0 aliphatic heterocycles. The molecule has 4 nitrogen and oxygen atoms in total. The highest BCUT2D eigenvalue weighted by molar-refractivity contribution is 6.26. The van der Waals surface area contributed by atoms with Crippen molar-refractivity contribution in [1.29, 1.82) is 0 Å². The molecule has 0 saturated heterocycles. The van der Waals surface area contributed by atoms with Gasteiger partial charge in [-0.2, -0.15) is 0 Å². The standard InChI is InChI=1S/C52H32N2.C48H30N2/c1-3-11-37-29-41(25-21-33(37)9-1)53-47-15-7-5-13-43(47)51-45-31-39(19-17-35(45)23-27-49(51)53)40-20-18-36-24-28-50-52(46(36)32-40)44-14-6-8-16-48(44)54(50)42-26-22-34-10-2-4-12-38(34)30-42;1-2-12-37(13-3-1)49-43-16-8-6-14-40(43)47-39-25-21-34(28-36(39)23-27-45(47)49)35-19-18-32-22-26-46-48(42(32)30-35)41-15-7-9-17-44(41)50(46)38-24-20-31-10-4-5-11-33(31)29-38/h1-32H;1-30H. The molecule has 482 valence electrons. The highest BCUT2D eigenvalue weighted by Gasteiger charge is 2.22. The second-order valence-electron chi connectivity index (χ2n) is 27.9. The Bertz CT molecular complexity index is 7310. The molecular formula is C100H62N4. The fourth-order valence-corrected chi connectivity index (χ4v) is 17.5. The van der Waals surface area contributed by atoms with E-state index in [4.69, 9.17) is 0 Å². The average molecular weight is 1320 g/mol. The molecule has 0 aliphatic carbocycles. The summed E-state index contributed by atoms with van der Waals surface area (Å²) in [7, 11) is 0. The van der Waals surface area contributed by atoms with E-state index in [0.717, 1.165) is 0 Å². The highest BCUT2D eigenvalue weighted by Crippen LogP contribution is 2.45. The van der Waals surface area contributed by atoms with E-state index in [0.29, 0.717) is 0 Å². The SMILES string of the molecule is c1ccc(-n2c3ccccc3c3c4ccc(-c5ccc6ccc7c(c6c5)c5ccccc5n7-c5ccc6ccccc6c5)cc4ccc32)cc1.c1ccc2cc(-n3c4ccccc4c4c5cc(-c6ccc7ccc8c(c7c6)c6ccccc6n8-c6ccc7ccccc7c6)ccc5ccc43)ccc2c1. The summed E-state index contributed by atoms with van der Waals surface area (Å²) in [6.07, 6.45) is 0. The predicted octanol–water partition coefficient (Wildman–Crippen LogP) is 27.2. The van der Waals surface area contributed by atoms with Crippen LogP contribution < -0.4 is 0 Å². The van der Waals surface area contributed by atoms with Gasteiger partial charge in [0.05, 0.1) is 44.1 Å². The first-order chi connectivity index (χ1) is 51.6. The molecule has 0 unspecified atom stereocenters. The number of nitrogens with zero attached hydrogens (tertiary/aromatic N) is 4. The van der Waals surface area contributed by atoms with E-state index >= 15 is 0 Å². The Morgan fingerprint density at radius 1 is 0.125 bits per heavy atom. The molecule has 19 aromatic carbocycles.